The summed E-state index contributed by atoms with van der Waals surface area (Å²) in [6.45, 7) is 0. The lowest BCUT2D eigenvalue weighted by Crippen LogP contribution is -1.93. The highest BCUT2D eigenvalue weighted by atomic mass is 32.1. The van der Waals surface area contributed by atoms with E-state index in [-0.39, 0.29) is 0 Å². The van der Waals surface area contributed by atoms with Gasteiger partial charge in [0.25, 0.3) is 0 Å². The number of fused-ring (bicyclic) bond motifs is 1. The molecular formula is C13H6F2N6S. The molecule has 0 aliphatic carbocycles. The highest BCUT2D eigenvalue weighted by Crippen LogP contribution is 2.27. The predicted octanol–water partition coefficient (Wildman–Crippen LogP) is 2.59. The molecule has 0 aliphatic heterocycles. The van der Waals surface area contributed by atoms with Crippen molar-refractivity contribution in [3.05, 3.63) is 48.4 Å². The average molecular weight is 316 g/mol. The molecule has 0 unspecified atom stereocenters. The Morgan fingerprint density at radius 1 is 1.05 bits per heavy atom. The minimum atomic E-state index is -0.946. The van der Waals surface area contributed by atoms with Crippen LogP contribution in [0, 0.1) is 11.6 Å². The van der Waals surface area contributed by atoms with Crippen LogP contribution in [-0.2, 0) is 0 Å². The maximum Gasteiger partial charge on any atom is 0.235 e. The molecule has 0 aliphatic rings. The molecule has 6 nitrogen and oxygen atoms in total. The molecule has 4 aromatic rings. The molecular weight excluding hydrogens is 310 g/mol. The number of benzene rings is 1. The van der Waals surface area contributed by atoms with Gasteiger partial charge >= 0.3 is 0 Å². The third-order valence-electron chi connectivity index (χ3n) is 2.95. The van der Waals surface area contributed by atoms with Crippen LogP contribution in [0.3, 0.4) is 0 Å². The molecule has 0 fully saturated rings. The normalized spacial score (nSPS) is 11.2. The summed E-state index contributed by atoms with van der Waals surface area (Å²) in [6, 6.07) is 3.53. The Labute approximate surface area is 126 Å². The van der Waals surface area contributed by atoms with E-state index in [9.17, 15) is 8.78 Å². The molecule has 0 saturated carbocycles. The maximum atomic E-state index is 13.4. The second-order valence-corrected chi connectivity index (χ2v) is 5.30. The van der Waals surface area contributed by atoms with Crippen molar-refractivity contribution >= 4 is 16.3 Å². The minimum absolute atomic E-state index is 0.334. The standard InChI is InChI=1S/C13H6F2N6S/c14-8-2-1-7(5-9(8)15)11-18-19-13-21(11)20-12(22-13)10-6-16-3-4-17-10/h1-6H. The Balaban J connectivity index is 1.86. The Kier molecular flexibility index (Phi) is 2.86. The first-order valence-corrected chi connectivity index (χ1v) is 6.98. The molecule has 0 bridgehead atoms. The molecule has 3 aromatic heterocycles. The van der Waals surface area contributed by atoms with Crippen molar-refractivity contribution in [2.75, 3.05) is 0 Å². The van der Waals surface area contributed by atoms with Crippen LogP contribution in [0.1, 0.15) is 0 Å². The zero-order valence-electron chi connectivity index (χ0n) is 10.8. The van der Waals surface area contributed by atoms with E-state index in [1.165, 1.54) is 21.9 Å². The average Bonchev–Trinajstić information content (AvgIpc) is 3.11. The van der Waals surface area contributed by atoms with Crippen molar-refractivity contribution in [3.8, 4) is 22.1 Å². The summed E-state index contributed by atoms with van der Waals surface area (Å²) < 4.78 is 27.9. The van der Waals surface area contributed by atoms with E-state index >= 15 is 0 Å². The molecule has 9 heteroatoms. The van der Waals surface area contributed by atoms with Gasteiger partial charge in [-0.25, -0.2) is 8.78 Å². The van der Waals surface area contributed by atoms with Crippen molar-refractivity contribution < 1.29 is 8.78 Å². The number of halogens is 2. The van der Waals surface area contributed by atoms with Crippen LogP contribution in [0.25, 0.3) is 27.1 Å². The first-order chi connectivity index (χ1) is 10.7. The Bertz CT molecular complexity index is 965. The zero-order valence-corrected chi connectivity index (χ0v) is 11.6. The molecule has 1 aromatic carbocycles. The van der Waals surface area contributed by atoms with Crippen molar-refractivity contribution in [2.24, 2.45) is 0 Å². The molecule has 0 spiro atoms. The Morgan fingerprint density at radius 3 is 2.73 bits per heavy atom. The maximum absolute atomic E-state index is 13.4. The molecule has 22 heavy (non-hydrogen) atoms. The van der Waals surface area contributed by atoms with Gasteiger partial charge in [-0.15, -0.1) is 10.2 Å². The summed E-state index contributed by atoms with van der Waals surface area (Å²) in [5, 5.41) is 12.9. The van der Waals surface area contributed by atoms with Gasteiger partial charge in [-0.3, -0.25) is 9.97 Å². The number of rotatable bonds is 2. The number of nitrogens with zero attached hydrogens (tertiary/aromatic N) is 6. The smallest absolute Gasteiger partial charge is 0.235 e. The summed E-state index contributed by atoms with van der Waals surface area (Å²) in [5.41, 5.74) is 0.997. The van der Waals surface area contributed by atoms with E-state index in [1.807, 2.05) is 0 Å². The monoisotopic (exact) mass is 316 g/mol. The van der Waals surface area contributed by atoms with E-state index in [4.69, 9.17) is 0 Å². The topological polar surface area (TPSA) is 68.9 Å². The van der Waals surface area contributed by atoms with Crippen LogP contribution in [0.5, 0.6) is 0 Å². The first-order valence-electron chi connectivity index (χ1n) is 6.16. The largest absolute Gasteiger partial charge is 0.261 e. The zero-order chi connectivity index (χ0) is 15.1. The van der Waals surface area contributed by atoms with Gasteiger partial charge in [0.1, 0.15) is 5.69 Å². The summed E-state index contributed by atoms with van der Waals surface area (Å²) >= 11 is 1.28. The molecule has 4 rings (SSSR count). The van der Waals surface area contributed by atoms with Crippen LogP contribution in [0.15, 0.2) is 36.8 Å². The summed E-state index contributed by atoms with van der Waals surface area (Å²) in [6.07, 6.45) is 4.72. The van der Waals surface area contributed by atoms with Gasteiger partial charge < -0.3 is 0 Å². The number of aromatic nitrogens is 6. The van der Waals surface area contributed by atoms with E-state index in [0.717, 1.165) is 12.1 Å². The Morgan fingerprint density at radius 2 is 1.95 bits per heavy atom. The fourth-order valence-corrected chi connectivity index (χ4v) is 2.75. The lowest BCUT2D eigenvalue weighted by Gasteiger charge is -1.98. The lowest BCUT2D eigenvalue weighted by atomic mass is 10.2. The molecule has 0 N–H and O–H groups in total. The fourth-order valence-electron chi connectivity index (χ4n) is 1.95. The SMILES string of the molecule is Fc1ccc(-c2nnc3sc(-c4cnccn4)nn23)cc1F. The van der Waals surface area contributed by atoms with Crippen molar-refractivity contribution in [2.45, 2.75) is 0 Å². The van der Waals surface area contributed by atoms with Crippen LogP contribution < -0.4 is 0 Å². The fraction of sp³-hybridized carbons (Fsp3) is 0. The molecule has 0 atom stereocenters. The number of hydrogen-bond donors (Lipinski definition) is 0. The third-order valence-corrected chi connectivity index (χ3v) is 3.87. The Hall–Kier alpha value is -2.81. The highest BCUT2D eigenvalue weighted by molar-refractivity contribution is 7.19. The number of hydrogen-bond acceptors (Lipinski definition) is 6. The molecule has 0 saturated heterocycles. The van der Waals surface area contributed by atoms with Crippen LogP contribution in [0.4, 0.5) is 8.78 Å². The van der Waals surface area contributed by atoms with Gasteiger partial charge in [-0.1, -0.05) is 11.3 Å². The molecule has 0 amide bonds. The van der Waals surface area contributed by atoms with Gasteiger partial charge in [0.2, 0.25) is 4.96 Å². The lowest BCUT2D eigenvalue weighted by molar-refractivity contribution is 0.509. The van der Waals surface area contributed by atoms with Crippen LogP contribution >= 0.6 is 11.3 Å². The predicted molar refractivity (Wildman–Crippen MR) is 75.0 cm³/mol. The molecule has 108 valence electrons. The highest BCUT2D eigenvalue weighted by Gasteiger charge is 2.16. The van der Waals surface area contributed by atoms with E-state index in [2.05, 4.69) is 25.3 Å². The van der Waals surface area contributed by atoms with Gasteiger partial charge in [-0.2, -0.15) is 9.61 Å². The third kappa shape index (κ3) is 2.02. The van der Waals surface area contributed by atoms with E-state index in [1.54, 1.807) is 18.6 Å². The summed E-state index contributed by atoms with van der Waals surface area (Å²) in [4.78, 5) is 8.68. The van der Waals surface area contributed by atoms with Crippen molar-refractivity contribution in [3.63, 3.8) is 0 Å². The van der Waals surface area contributed by atoms with Gasteiger partial charge in [-0.05, 0) is 18.2 Å². The quantitative estimate of drug-likeness (QED) is 0.568. The van der Waals surface area contributed by atoms with E-state index < -0.39 is 11.6 Å². The van der Waals surface area contributed by atoms with Crippen LogP contribution in [-0.4, -0.2) is 29.8 Å². The second kappa shape index (κ2) is 4.88. The van der Waals surface area contributed by atoms with E-state index in [0.29, 0.717) is 27.1 Å². The second-order valence-electron chi connectivity index (χ2n) is 4.34. The van der Waals surface area contributed by atoms with Crippen molar-refractivity contribution in [1.82, 2.24) is 29.8 Å². The first kappa shape index (κ1) is 12.9. The molecule has 0 radical (unpaired) electrons. The van der Waals surface area contributed by atoms with Crippen molar-refractivity contribution in [1.29, 1.82) is 0 Å². The van der Waals surface area contributed by atoms with Gasteiger partial charge in [0.05, 0.1) is 6.20 Å². The minimum Gasteiger partial charge on any atom is -0.261 e. The summed E-state index contributed by atoms with van der Waals surface area (Å²) in [7, 11) is 0. The summed E-state index contributed by atoms with van der Waals surface area (Å²) in [5.74, 6) is -1.53. The van der Waals surface area contributed by atoms with Crippen LogP contribution in [0.2, 0.25) is 0 Å². The van der Waals surface area contributed by atoms with Gasteiger partial charge in [0, 0.05) is 18.0 Å². The van der Waals surface area contributed by atoms with Gasteiger partial charge in [0.15, 0.2) is 22.5 Å². The molecule has 3 heterocycles.